The Morgan fingerprint density at radius 2 is 1.60 bits per heavy atom. The highest BCUT2D eigenvalue weighted by Gasteiger charge is 2.19. The Kier molecular flexibility index (Phi) is 4.00. The number of hydrogen-bond acceptors (Lipinski definition) is 2. The number of rotatable bonds is 2. The molecule has 0 aromatic heterocycles. The van der Waals surface area contributed by atoms with Crippen LogP contribution in [-0.2, 0) is 0 Å². The topological polar surface area (TPSA) is 0 Å². The minimum absolute atomic E-state index is 0.948. The van der Waals surface area contributed by atoms with Crippen molar-refractivity contribution in [3.8, 4) is 0 Å². The summed E-state index contributed by atoms with van der Waals surface area (Å²) in [6.45, 7) is 4.60. The average Bonchev–Trinajstić information content (AvgIpc) is 2.05. The number of thioether (sulfide) groups is 2. The van der Waals surface area contributed by atoms with Crippen LogP contribution in [0.25, 0.3) is 0 Å². The largest absolute Gasteiger partial charge is 0.160 e. The fourth-order valence-corrected chi connectivity index (χ4v) is 4.38. The van der Waals surface area contributed by atoms with E-state index in [0.29, 0.717) is 0 Å². The summed E-state index contributed by atoms with van der Waals surface area (Å²) in [7, 11) is 0. The normalized spacial score (nSPS) is 34.2. The van der Waals surface area contributed by atoms with E-state index in [1.165, 1.54) is 24.3 Å². The van der Waals surface area contributed by atoms with E-state index in [0.717, 1.165) is 10.5 Å². The van der Waals surface area contributed by atoms with Gasteiger partial charge in [-0.3, -0.25) is 0 Å². The van der Waals surface area contributed by atoms with Crippen molar-refractivity contribution in [2.24, 2.45) is 0 Å². The lowest BCUT2D eigenvalue weighted by molar-refractivity contribution is 0.854. The van der Waals surface area contributed by atoms with Gasteiger partial charge in [-0.2, -0.15) is 23.5 Å². The molecule has 0 nitrogen and oxygen atoms in total. The van der Waals surface area contributed by atoms with Crippen LogP contribution in [0.5, 0.6) is 0 Å². The molecule has 0 radical (unpaired) electrons. The molecule has 0 amide bonds. The van der Waals surface area contributed by atoms with Crippen molar-refractivity contribution in [3.63, 3.8) is 0 Å². The minimum Gasteiger partial charge on any atom is -0.160 e. The van der Waals surface area contributed by atoms with Gasteiger partial charge in [0, 0.05) is 22.0 Å². The molecule has 2 unspecified atom stereocenters. The van der Waals surface area contributed by atoms with E-state index in [-0.39, 0.29) is 0 Å². The van der Waals surface area contributed by atoms with Crippen LogP contribution in [0.3, 0.4) is 0 Å². The summed E-state index contributed by atoms with van der Waals surface area (Å²) >= 11 is 4.35. The highest BCUT2D eigenvalue weighted by atomic mass is 32.2. The Morgan fingerprint density at radius 1 is 1.10 bits per heavy atom. The van der Waals surface area contributed by atoms with Crippen LogP contribution in [0.2, 0.25) is 0 Å². The van der Waals surface area contributed by atoms with Gasteiger partial charge in [0.1, 0.15) is 0 Å². The smallest absolute Gasteiger partial charge is 0.0138 e. The molecule has 0 aromatic rings. The van der Waals surface area contributed by atoms with Crippen LogP contribution in [0, 0.1) is 0 Å². The van der Waals surface area contributed by atoms with Gasteiger partial charge in [-0.1, -0.05) is 13.8 Å². The maximum absolute atomic E-state index is 2.30. The van der Waals surface area contributed by atoms with Crippen molar-refractivity contribution in [2.75, 3.05) is 11.5 Å². The maximum atomic E-state index is 2.30. The highest BCUT2D eigenvalue weighted by Crippen LogP contribution is 2.33. The van der Waals surface area contributed by atoms with Gasteiger partial charge in [0.15, 0.2) is 0 Å². The van der Waals surface area contributed by atoms with E-state index in [1.54, 1.807) is 0 Å². The lowest BCUT2D eigenvalue weighted by Gasteiger charge is -2.26. The van der Waals surface area contributed by atoms with Crippen LogP contribution in [0.15, 0.2) is 0 Å². The summed E-state index contributed by atoms with van der Waals surface area (Å²) in [6.07, 6.45) is 2.71. The van der Waals surface area contributed by atoms with Gasteiger partial charge in [0.25, 0.3) is 0 Å². The molecule has 10 heavy (non-hydrogen) atoms. The third-order valence-corrected chi connectivity index (χ3v) is 5.37. The molecule has 0 aliphatic carbocycles. The van der Waals surface area contributed by atoms with Gasteiger partial charge < -0.3 is 0 Å². The van der Waals surface area contributed by atoms with Gasteiger partial charge in [0.05, 0.1) is 0 Å². The van der Waals surface area contributed by atoms with Crippen LogP contribution < -0.4 is 0 Å². The lowest BCUT2D eigenvalue weighted by atomic mass is 10.3. The second kappa shape index (κ2) is 4.55. The third-order valence-electron chi connectivity index (χ3n) is 1.90. The second-order valence-corrected chi connectivity index (χ2v) is 5.41. The summed E-state index contributed by atoms with van der Waals surface area (Å²) in [5.74, 6) is 2.77. The van der Waals surface area contributed by atoms with E-state index in [1.807, 2.05) is 0 Å². The predicted molar refractivity (Wildman–Crippen MR) is 53.1 cm³/mol. The molecule has 1 fully saturated rings. The average molecular weight is 176 g/mol. The maximum Gasteiger partial charge on any atom is 0.0138 e. The second-order valence-electron chi connectivity index (χ2n) is 2.73. The van der Waals surface area contributed by atoms with E-state index in [4.69, 9.17) is 0 Å². The molecule has 0 spiro atoms. The summed E-state index contributed by atoms with van der Waals surface area (Å²) in [6, 6.07) is 0. The van der Waals surface area contributed by atoms with Gasteiger partial charge in [-0.05, 0) is 12.8 Å². The zero-order valence-electron chi connectivity index (χ0n) is 6.80. The summed E-state index contributed by atoms with van der Waals surface area (Å²) in [5, 5.41) is 1.90. The Balaban J connectivity index is 2.25. The standard InChI is InChI=1S/C8H16S2/c1-3-7-5-9-6-8(4-2)10-7/h7-8H,3-6H2,1-2H3. The third kappa shape index (κ3) is 2.39. The van der Waals surface area contributed by atoms with Crippen LogP contribution in [0.4, 0.5) is 0 Å². The SMILES string of the molecule is CCC1CSCC(CC)S1. The monoisotopic (exact) mass is 176 g/mol. The molecule has 1 aliphatic heterocycles. The van der Waals surface area contributed by atoms with Gasteiger partial charge in [-0.25, -0.2) is 0 Å². The van der Waals surface area contributed by atoms with Crippen molar-refractivity contribution >= 4 is 23.5 Å². The molecule has 2 heteroatoms. The minimum atomic E-state index is 0.948. The Bertz CT molecular complexity index is 83.3. The summed E-state index contributed by atoms with van der Waals surface area (Å²) in [5.41, 5.74) is 0. The van der Waals surface area contributed by atoms with Crippen molar-refractivity contribution in [1.82, 2.24) is 0 Å². The molecule has 0 saturated carbocycles. The van der Waals surface area contributed by atoms with Crippen molar-refractivity contribution < 1.29 is 0 Å². The molecule has 60 valence electrons. The Morgan fingerprint density at radius 3 is 2.00 bits per heavy atom. The molecule has 1 heterocycles. The van der Waals surface area contributed by atoms with Crippen molar-refractivity contribution in [3.05, 3.63) is 0 Å². The fourth-order valence-electron chi connectivity index (χ4n) is 1.11. The molecule has 1 rings (SSSR count). The van der Waals surface area contributed by atoms with E-state index in [9.17, 15) is 0 Å². The lowest BCUT2D eigenvalue weighted by Crippen LogP contribution is -2.20. The van der Waals surface area contributed by atoms with Crippen LogP contribution in [0.1, 0.15) is 26.7 Å². The molecular weight excluding hydrogens is 160 g/mol. The van der Waals surface area contributed by atoms with Crippen molar-refractivity contribution in [1.29, 1.82) is 0 Å². The first kappa shape index (κ1) is 8.79. The molecular formula is C8H16S2. The quantitative estimate of drug-likeness (QED) is 0.634. The van der Waals surface area contributed by atoms with Gasteiger partial charge >= 0.3 is 0 Å². The van der Waals surface area contributed by atoms with E-state index in [2.05, 4.69) is 37.4 Å². The molecule has 0 bridgehead atoms. The molecule has 1 saturated heterocycles. The van der Waals surface area contributed by atoms with Crippen LogP contribution >= 0.6 is 23.5 Å². The number of hydrogen-bond donors (Lipinski definition) is 0. The zero-order valence-corrected chi connectivity index (χ0v) is 8.43. The fraction of sp³-hybridized carbons (Fsp3) is 1.00. The highest BCUT2D eigenvalue weighted by molar-refractivity contribution is 8.07. The Hall–Kier alpha value is 0.700. The zero-order chi connectivity index (χ0) is 7.40. The molecule has 1 aliphatic rings. The summed E-state index contributed by atoms with van der Waals surface area (Å²) < 4.78 is 0. The van der Waals surface area contributed by atoms with E-state index < -0.39 is 0 Å². The van der Waals surface area contributed by atoms with Crippen molar-refractivity contribution in [2.45, 2.75) is 37.2 Å². The Labute approximate surface area is 72.5 Å². The molecule has 0 aromatic carbocycles. The first-order valence-corrected chi connectivity index (χ1v) is 6.19. The predicted octanol–water partition coefficient (Wildman–Crippen LogP) is 3.02. The molecule has 0 N–H and O–H groups in total. The molecule has 2 atom stereocenters. The van der Waals surface area contributed by atoms with Gasteiger partial charge in [-0.15, -0.1) is 0 Å². The summed E-state index contributed by atoms with van der Waals surface area (Å²) in [4.78, 5) is 0. The van der Waals surface area contributed by atoms with Gasteiger partial charge in [0.2, 0.25) is 0 Å². The van der Waals surface area contributed by atoms with Crippen LogP contribution in [-0.4, -0.2) is 22.0 Å². The van der Waals surface area contributed by atoms with E-state index >= 15 is 0 Å². The first-order valence-electron chi connectivity index (χ1n) is 4.10. The first-order chi connectivity index (χ1) is 4.86.